The first-order chi connectivity index (χ1) is 11.9. The van der Waals surface area contributed by atoms with E-state index < -0.39 is 17.5 Å². The van der Waals surface area contributed by atoms with E-state index in [-0.39, 0.29) is 0 Å². The third-order valence-electron chi connectivity index (χ3n) is 3.67. The highest BCUT2D eigenvalue weighted by Gasteiger charge is 2.47. The van der Waals surface area contributed by atoms with Crippen LogP contribution in [0.1, 0.15) is 16.9 Å². The molecule has 1 aromatic heterocycles. The number of benzene rings is 2. The fourth-order valence-corrected chi connectivity index (χ4v) is 3.98. The molecule has 2 atom stereocenters. The van der Waals surface area contributed by atoms with Gasteiger partial charge in [0, 0.05) is 22.3 Å². The highest BCUT2D eigenvalue weighted by Crippen LogP contribution is 2.49. The van der Waals surface area contributed by atoms with Crippen molar-refractivity contribution in [2.24, 2.45) is 0 Å². The minimum atomic E-state index is -4.43. The molecule has 0 aliphatic heterocycles. The average molecular weight is 383 g/mol. The number of nitrogens with zero attached hydrogens (tertiary/aromatic N) is 2. The van der Waals surface area contributed by atoms with Gasteiger partial charge in [-0.1, -0.05) is 41.9 Å². The lowest BCUT2D eigenvalue weighted by Gasteiger charge is -2.30. The molecule has 0 bridgehead atoms. The van der Waals surface area contributed by atoms with Crippen LogP contribution in [0.15, 0.2) is 78.2 Å². The van der Waals surface area contributed by atoms with Crippen LogP contribution in [0.3, 0.4) is 0 Å². The summed E-state index contributed by atoms with van der Waals surface area (Å²) in [6.45, 7) is 0. The maximum absolute atomic E-state index is 13.9. The molecular weight excluding hydrogens is 369 g/mol. The van der Waals surface area contributed by atoms with Gasteiger partial charge in [0.2, 0.25) is 0 Å². The minimum absolute atomic E-state index is 0.544. The number of thioether (sulfide) groups is 1. The van der Waals surface area contributed by atoms with Gasteiger partial charge in [0.05, 0.1) is 11.6 Å². The van der Waals surface area contributed by atoms with Gasteiger partial charge >= 0.3 is 6.18 Å². The van der Waals surface area contributed by atoms with Crippen molar-refractivity contribution in [3.05, 3.63) is 83.9 Å². The van der Waals surface area contributed by atoms with Crippen LogP contribution in [0, 0.1) is 0 Å². The van der Waals surface area contributed by atoms with Gasteiger partial charge in [-0.25, -0.2) is 4.98 Å². The summed E-state index contributed by atoms with van der Waals surface area (Å²) >= 11 is 7.04. The highest BCUT2D eigenvalue weighted by atomic mass is 35.5. The van der Waals surface area contributed by atoms with Gasteiger partial charge in [0.15, 0.2) is 0 Å². The topological polar surface area (TPSA) is 17.8 Å². The summed E-state index contributed by atoms with van der Waals surface area (Å²) in [6.07, 6.45) is -0.526. The van der Waals surface area contributed by atoms with Crippen molar-refractivity contribution >= 4 is 23.4 Å². The van der Waals surface area contributed by atoms with Gasteiger partial charge in [-0.15, -0.1) is 11.8 Å². The number of hydrogen-bond acceptors (Lipinski definition) is 2. The molecule has 2 unspecified atom stereocenters. The molecule has 2 aromatic carbocycles. The molecule has 130 valence electrons. The number of imidazole rings is 1. The lowest BCUT2D eigenvalue weighted by atomic mass is 10.0. The zero-order valence-corrected chi connectivity index (χ0v) is 14.5. The second kappa shape index (κ2) is 7.54. The van der Waals surface area contributed by atoms with E-state index in [1.807, 2.05) is 0 Å². The molecule has 3 rings (SSSR count). The van der Waals surface area contributed by atoms with Gasteiger partial charge in [0.25, 0.3) is 0 Å². The van der Waals surface area contributed by atoms with Crippen LogP contribution in [0.2, 0.25) is 5.02 Å². The van der Waals surface area contributed by atoms with Crippen LogP contribution in [0.25, 0.3) is 0 Å². The SMILES string of the molecule is FC(F)(F)C(C(Sc1ccc(Cl)cc1)c1ccccc1)n1ccnc1. The molecular formula is C18H14ClF3N2S. The molecule has 0 amide bonds. The molecule has 7 heteroatoms. The number of rotatable bonds is 5. The molecule has 0 fully saturated rings. The monoisotopic (exact) mass is 382 g/mol. The first-order valence-corrected chi connectivity index (χ1v) is 8.72. The number of aromatic nitrogens is 2. The summed E-state index contributed by atoms with van der Waals surface area (Å²) in [4.78, 5) is 4.50. The van der Waals surface area contributed by atoms with Crippen LogP contribution in [-0.2, 0) is 0 Å². The van der Waals surface area contributed by atoms with Gasteiger partial charge < -0.3 is 4.57 Å². The Balaban J connectivity index is 2.04. The van der Waals surface area contributed by atoms with Crippen LogP contribution >= 0.6 is 23.4 Å². The summed E-state index contributed by atoms with van der Waals surface area (Å²) in [5, 5.41) is -0.320. The van der Waals surface area contributed by atoms with Crippen molar-refractivity contribution < 1.29 is 13.2 Å². The van der Waals surface area contributed by atoms with Crippen LogP contribution < -0.4 is 0 Å². The van der Waals surface area contributed by atoms with E-state index in [0.717, 1.165) is 16.3 Å². The Morgan fingerprint density at radius 1 is 1.00 bits per heavy atom. The minimum Gasteiger partial charge on any atom is -0.324 e. The largest absolute Gasteiger partial charge is 0.410 e. The molecule has 0 spiro atoms. The number of halogens is 4. The Labute approximate surface area is 152 Å². The predicted molar refractivity (Wildman–Crippen MR) is 93.8 cm³/mol. The predicted octanol–water partition coefficient (Wildman–Crippen LogP) is 6.17. The Morgan fingerprint density at radius 2 is 1.68 bits per heavy atom. The van der Waals surface area contributed by atoms with Crippen molar-refractivity contribution in [1.82, 2.24) is 9.55 Å². The van der Waals surface area contributed by atoms with E-state index in [1.54, 1.807) is 54.6 Å². The van der Waals surface area contributed by atoms with Crippen molar-refractivity contribution in [3.8, 4) is 0 Å². The van der Waals surface area contributed by atoms with Crippen LogP contribution in [-0.4, -0.2) is 15.7 Å². The van der Waals surface area contributed by atoms with E-state index in [1.165, 1.54) is 18.7 Å². The van der Waals surface area contributed by atoms with Crippen molar-refractivity contribution in [2.45, 2.75) is 22.4 Å². The van der Waals surface area contributed by atoms with Gasteiger partial charge in [0.1, 0.15) is 6.04 Å². The Morgan fingerprint density at radius 3 is 2.24 bits per heavy atom. The van der Waals surface area contributed by atoms with Crippen molar-refractivity contribution in [2.75, 3.05) is 0 Å². The van der Waals surface area contributed by atoms with Crippen molar-refractivity contribution in [1.29, 1.82) is 0 Å². The zero-order valence-electron chi connectivity index (χ0n) is 12.9. The first-order valence-electron chi connectivity index (χ1n) is 7.46. The zero-order chi connectivity index (χ0) is 17.9. The first kappa shape index (κ1) is 17.9. The summed E-state index contributed by atoms with van der Waals surface area (Å²) in [5.41, 5.74) is 0.596. The van der Waals surface area contributed by atoms with E-state index in [4.69, 9.17) is 11.6 Å². The second-order valence-corrected chi connectivity index (χ2v) is 7.05. The molecule has 0 saturated carbocycles. The molecule has 0 N–H and O–H groups in total. The molecule has 0 radical (unpaired) electrons. The summed E-state index contributed by atoms with van der Waals surface area (Å²) in [7, 11) is 0. The number of alkyl halides is 3. The van der Waals surface area contributed by atoms with Gasteiger partial charge in [-0.05, 0) is 29.8 Å². The fraction of sp³-hybridized carbons (Fsp3) is 0.167. The molecule has 3 aromatic rings. The fourth-order valence-electron chi connectivity index (χ4n) is 2.55. The quantitative estimate of drug-likeness (QED) is 0.491. The standard InChI is InChI=1S/C18H14ClF3N2S/c19-14-6-8-15(9-7-14)25-16(13-4-2-1-3-5-13)17(18(20,21)22)24-11-10-23-12-24/h1-12,16-17H. The summed E-state index contributed by atoms with van der Waals surface area (Å²) < 4.78 is 42.8. The second-order valence-electron chi connectivity index (χ2n) is 5.40. The molecule has 0 aliphatic rings. The molecule has 25 heavy (non-hydrogen) atoms. The Kier molecular flexibility index (Phi) is 5.39. The molecule has 1 heterocycles. The number of hydrogen-bond donors (Lipinski definition) is 0. The summed E-state index contributed by atoms with van der Waals surface area (Å²) in [5.74, 6) is 0. The average Bonchev–Trinajstić information content (AvgIpc) is 3.09. The molecule has 0 aliphatic carbocycles. The lowest BCUT2D eigenvalue weighted by molar-refractivity contribution is -0.168. The van der Waals surface area contributed by atoms with Gasteiger partial charge in [-0.3, -0.25) is 0 Å². The Hall–Kier alpha value is -1.92. The van der Waals surface area contributed by atoms with E-state index in [9.17, 15) is 13.2 Å². The third kappa shape index (κ3) is 4.38. The van der Waals surface area contributed by atoms with E-state index in [2.05, 4.69) is 4.98 Å². The molecule has 2 nitrogen and oxygen atoms in total. The maximum Gasteiger partial charge on any atom is 0.410 e. The smallest absolute Gasteiger partial charge is 0.324 e. The van der Waals surface area contributed by atoms with E-state index in [0.29, 0.717) is 15.5 Å². The summed E-state index contributed by atoms with van der Waals surface area (Å²) in [6, 6.07) is 13.8. The lowest BCUT2D eigenvalue weighted by Crippen LogP contribution is -2.30. The van der Waals surface area contributed by atoms with Crippen molar-refractivity contribution in [3.63, 3.8) is 0 Å². The third-order valence-corrected chi connectivity index (χ3v) is 5.25. The highest BCUT2D eigenvalue weighted by molar-refractivity contribution is 7.99. The van der Waals surface area contributed by atoms with Crippen LogP contribution in [0.5, 0.6) is 0 Å². The van der Waals surface area contributed by atoms with Crippen LogP contribution in [0.4, 0.5) is 13.2 Å². The molecule has 0 saturated heterocycles. The van der Waals surface area contributed by atoms with E-state index >= 15 is 0 Å². The normalized spacial score (nSPS) is 14.2. The maximum atomic E-state index is 13.9. The Bertz CT molecular complexity index is 789. The van der Waals surface area contributed by atoms with Gasteiger partial charge in [-0.2, -0.15) is 13.2 Å².